The maximum Gasteiger partial charge on any atom is 0.237 e. The Morgan fingerprint density at radius 3 is 2.88 bits per heavy atom. The molecule has 0 fully saturated rings. The lowest BCUT2D eigenvalue weighted by atomic mass is 10.3. The topological polar surface area (TPSA) is 74.8 Å². The fourth-order valence-corrected chi connectivity index (χ4v) is 2.05. The van der Waals surface area contributed by atoms with Gasteiger partial charge in [-0.3, -0.25) is 14.9 Å². The number of amides is 2. The first-order valence-electron chi connectivity index (χ1n) is 5.03. The molecule has 2 rings (SSSR count). The number of carbonyl (C=O) groups is 2. The number of rotatable bonds is 3. The van der Waals surface area contributed by atoms with Gasteiger partial charge in [-0.2, -0.15) is 0 Å². The van der Waals surface area contributed by atoms with Crippen LogP contribution >= 0.6 is 11.8 Å². The predicted octanol–water partition coefficient (Wildman–Crippen LogP) is 1.32. The summed E-state index contributed by atoms with van der Waals surface area (Å²) < 4.78 is 0. The molecule has 2 aromatic rings. The molecule has 0 unspecified atom stereocenters. The number of aromatic nitrogens is 2. The van der Waals surface area contributed by atoms with Gasteiger partial charge in [0.2, 0.25) is 11.8 Å². The van der Waals surface area contributed by atoms with E-state index in [0.717, 1.165) is 11.0 Å². The van der Waals surface area contributed by atoms with E-state index in [-0.39, 0.29) is 17.6 Å². The summed E-state index contributed by atoms with van der Waals surface area (Å²) in [4.78, 5) is 29.3. The number of para-hydroxylation sites is 2. The van der Waals surface area contributed by atoms with Gasteiger partial charge in [0, 0.05) is 6.92 Å². The monoisotopic (exact) mass is 249 g/mol. The maximum atomic E-state index is 11.2. The average molecular weight is 249 g/mol. The van der Waals surface area contributed by atoms with E-state index < -0.39 is 0 Å². The summed E-state index contributed by atoms with van der Waals surface area (Å²) in [6.07, 6.45) is 0. The Kier molecular flexibility index (Phi) is 3.43. The highest BCUT2D eigenvalue weighted by Gasteiger charge is 2.07. The standard InChI is InChI=1S/C11H11N3O2S/c1-7(15)12-10(16)6-17-11-13-8-4-2-3-5-9(8)14-11/h2-5H,6H2,1H3,(H,13,14)(H,12,15,16). The second-order valence-corrected chi connectivity index (χ2v) is 4.42. The van der Waals surface area contributed by atoms with Crippen molar-refractivity contribution in [3.05, 3.63) is 24.3 Å². The molecule has 0 saturated heterocycles. The lowest BCUT2D eigenvalue weighted by Crippen LogP contribution is -2.29. The van der Waals surface area contributed by atoms with Crippen LogP contribution in [-0.2, 0) is 9.59 Å². The summed E-state index contributed by atoms with van der Waals surface area (Å²) in [6.45, 7) is 1.31. The summed E-state index contributed by atoms with van der Waals surface area (Å²) >= 11 is 1.27. The third kappa shape index (κ3) is 3.07. The second-order valence-electron chi connectivity index (χ2n) is 3.45. The van der Waals surface area contributed by atoms with E-state index in [1.54, 1.807) is 0 Å². The smallest absolute Gasteiger partial charge is 0.237 e. The van der Waals surface area contributed by atoms with Crippen LogP contribution in [0.4, 0.5) is 0 Å². The number of hydrogen-bond acceptors (Lipinski definition) is 4. The molecule has 0 aliphatic rings. The van der Waals surface area contributed by atoms with Crippen molar-refractivity contribution >= 4 is 34.6 Å². The zero-order valence-corrected chi connectivity index (χ0v) is 10.0. The molecule has 0 spiro atoms. The molecule has 1 heterocycles. The Morgan fingerprint density at radius 1 is 1.41 bits per heavy atom. The van der Waals surface area contributed by atoms with Gasteiger partial charge < -0.3 is 4.98 Å². The van der Waals surface area contributed by atoms with Gasteiger partial charge in [-0.25, -0.2) is 4.98 Å². The molecule has 1 aromatic heterocycles. The molecular formula is C11H11N3O2S. The van der Waals surface area contributed by atoms with Crippen molar-refractivity contribution in [3.8, 4) is 0 Å². The molecule has 0 bridgehead atoms. The van der Waals surface area contributed by atoms with E-state index in [1.807, 2.05) is 24.3 Å². The number of fused-ring (bicyclic) bond motifs is 1. The van der Waals surface area contributed by atoms with E-state index in [0.29, 0.717) is 5.16 Å². The quantitative estimate of drug-likeness (QED) is 0.804. The summed E-state index contributed by atoms with van der Waals surface area (Å²) in [5, 5.41) is 2.88. The summed E-state index contributed by atoms with van der Waals surface area (Å²) in [7, 11) is 0. The number of aromatic amines is 1. The lowest BCUT2D eigenvalue weighted by Gasteiger charge is -1.98. The number of hydrogen-bond donors (Lipinski definition) is 2. The van der Waals surface area contributed by atoms with E-state index >= 15 is 0 Å². The van der Waals surface area contributed by atoms with Gasteiger partial charge in [0.25, 0.3) is 0 Å². The van der Waals surface area contributed by atoms with Crippen LogP contribution in [0.2, 0.25) is 0 Å². The minimum absolute atomic E-state index is 0.166. The molecule has 0 atom stereocenters. The summed E-state index contributed by atoms with van der Waals surface area (Å²) in [5.74, 6) is -0.498. The highest BCUT2D eigenvalue weighted by atomic mass is 32.2. The largest absolute Gasteiger partial charge is 0.333 e. The van der Waals surface area contributed by atoms with Crippen LogP contribution in [0.1, 0.15) is 6.92 Å². The minimum Gasteiger partial charge on any atom is -0.333 e. The van der Waals surface area contributed by atoms with Crippen molar-refractivity contribution in [2.75, 3.05) is 5.75 Å². The molecular weight excluding hydrogens is 238 g/mol. The van der Waals surface area contributed by atoms with Gasteiger partial charge in [0.15, 0.2) is 5.16 Å². The Bertz CT molecular complexity index is 532. The van der Waals surface area contributed by atoms with Gasteiger partial charge in [-0.05, 0) is 12.1 Å². The van der Waals surface area contributed by atoms with Crippen LogP contribution in [0.15, 0.2) is 29.4 Å². The highest BCUT2D eigenvalue weighted by Crippen LogP contribution is 2.18. The fraction of sp³-hybridized carbons (Fsp3) is 0.182. The Labute approximate surface area is 102 Å². The molecule has 88 valence electrons. The fourth-order valence-electron chi connectivity index (χ4n) is 1.36. The zero-order valence-electron chi connectivity index (χ0n) is 9.19. The molecule has 0 saturated carbocycles. The summed E-state index contributed by atoms with van der Waals surface area (Å²) in [5.41, 5.74) is 1.80. The number of carbonyl (C=O) groups excluding carboxylic acids is 2. The van der Waals surface area contributed by atoms with Gasteiger partial charge in [0.1, 0.15) is 0 Å². The Balaban J connectivity index is 1.99. The normalized spacial score (nSPS) is 10.4. The van der Waals surface area contributed by atoms with E-state index in [1.165, 1.54) is 18.7 Å². The van der Waals surface area contributed by atoms with Crippen molar-refractivity contribution < 1.29 is 9.59 Å². The Morgan fingerprint density at radius 2 is 2.18 bits per heavy atom. The molecule has 0 aliphatic heterocycles. The van der Waals surface area contributed by atoms with E-state index in [4.69, 9.17) is 0 Å². The van der Waals surface area contributed by atoms with E-state index in [9.17, 15) is 9.59 Å². The van der Waals surface area contributed by atoms with Gasteiger partial charge in [0.05, 0.1) is 16.8 Å². The Hall–Kier alpha value is -1.82. The predicted molar refractivity (Wildman–Crippen MR) is 65.6 cm³/mol. The number of nitrogens with zero attached hydrogens (tertiary/aromatic N) is 1. The van der Waals surface area contributed by atoms with Gasteiger partial charge in [-0.15, -0.1) is 0 Å². The third-order valence-electron chi connectivity index (χ3n) is 2.02. The van der Waals surface area contributed by atoms with Crippen LogP contribution in [0.25, 0.3) is 11.0 Å². The maximum absolute atomic E-state index is 11.2. The van der Waals surface area contributed by atoms with Crippen molar-refractivity contribution in [2.45, 2.75) is 12.1 Å². The number of H-pyrrole nitrogens is 1. The molecule has 6 heteroatoms. The molecule has 5 nitrogen and oxygen atoms in total. The number of imidazole rings is 1. The van der Waals surface area contributed by atoms with Gasteiger partial charge >= 0.3 is 0 Å². The first-order chi connectivity index (χ1) is 8.15. The van der Waals surface area contributed by atoms with Crippen molar-refractivity contribution in [1.29, 1.82) is 0 Å². The average Bonchev–Trinajstić information content (AvgIpc) is 2.68. The van der Waals surface area contributed by atoms with Crippen molar-refractivity contribution in [1.82, 2.24) is 15.3 Å². The number of thioether (sulfide) groups is 1. The van der Waals surface area contributed by atoms with Crippen LogP contribution in [0.5, 0.6) is 0 Å². The van der Waals surface area contributed by atoms with Crippen LogP contribution in [0, 0.1) is 0 Å². The molecule has 0 aliphatic carbocycles. The highest BCUT2D eigenvalue weighted by molar-refractivity contribution is 7.99. The minimum atomic E-state index is -0.347. The van der Waals surface area contributed by atoms with Gasteiger partial charge in [-0.1, -0.05) is 23.9 Å². The molecule has 2 amide bonds. The van der Waals surface area contributed by atoms with E-state index in [2.05, 4.69) is 15.3 Å². The first-order valence-corrected chi connectivity index (χ1v) is 6.01. The molecule has 0 radical (unpaired) electrons. The molecule has 2 N–H and O–H groups in total. The molecule has 1 aromatic carbocycles. The summed E-state index contributed by atoms with van der Waals surface area (Å²) in [6, 6.07) is 7.63. The zero-order chi connectivity index (χ0) is 12.3. The van der Waals surface area contributed by atoms with Crippen molar-refractivity contribution in [2.24, 2.45) is 0 Å². The molecule has 17 heavy (non-hydrogen) atoms. The van der Waals surface area contributed by atoms with Crippen LogP contribution in [-0.4, -0.2) is 27.5 Å². The van der Waals surface area contributed by atoms with Crippen LogP contribution in [0.3, 0.4) is 0 Å². The SMILES string of the molecule is CC(=O)NC(=O)CSc1nc2ccccc2[nH]1. The third-order valence-corrected chi connectivity index (χ3v) is 2.90. The number of nitrogens with one attached hydrogen (secondary N) is 2. The van der Waals surface area contributed by atoms with Crippen molar-refractivity contribution in [3.63, 3.8) is 0 Å². The number of benzene rings is 1. The number of imide groups is 1. The first kappa shape index (κ1) is 11.7. The van der Waals surface area contributed by atoms with Crippen LogP contribution < -0.4 is 5.32 Å². The lowest BCUT2D eigenvalue weighted by molar-refractivity contribution is -0.127. The second kappa shape index (κ2) is 5.01.